The van der Waals surface area contributed by atoms with E-state index in [0.717, 1.165) is 6.61 Å². The van der Waals surface area contributed by atoms with Crippen molar-refractivity contribution in [3.05, 3.63) is 0 Å². The van der Waals surface area contributed by atoms with Crippen LogP contribution in [0.25, 0.3) is 0 Å². The van der Waals surface area contributed by atoms with Gasteiger partial charge in [0.2, 0.25) is 0 Å². The molecule has 0 aromatic rings. The van der Waals surface area contributed by atoms with E-state index in [2.05, 4.69) is 33.9 Å². The predicted octanol–water partition coefficient (Wildman–Crippen LogP) is 4.34. The molecule has 3 aliphatic rings. The first-order valence-electron chi connectivity index (χ1n) is 7.89. The zero-order valence-electron chi connectivity index (χ0n) is 13.5. The summed E-state index contributed by atoms with van der Waals surface area (Å²) in [5.74, 6) is 0. The molecule has 0 atom stereocenters. The Hall–Kier alpha value is 0.137. The topological polar surface area (TPSA) is 29.5 Å². The van der Waals surface area contributed by atoms with E-state index in [9.17, 15) is 5.11 Å². The first-order chi connectivity index (χ1) is 8.64. The lowest BCUT2D eigenvalue weighted by atomic mass is 9.54. The van der Waals surface area contributed by atoms with Gasteiger partial charge in [-0.15, -0.1) is 0 Å². The van der Waals surface area contributed by atoms with E-state index < -0.39 is 8.32 Å². The van der Waals surface area contributed by atoms with Crippen LogP contribution in [0.4, 0.5) is 0 Å². The molecule has 0 heterocycles. The van der Waals surface area contributed by atoms with Crippen LogP contribution in [0.1, 0.15) is 59.3 Å². The fraction of sp³-hybridized carbons (Fsp3) is 1.00. The number of aliphatic hydroxyl groups excluding tert-OH is 1. The minimum Gasteiger partial charge on any atom is -0.416 e. The van der Waals surface area contributed by atoms with Crippen molar-refractivity contribution in [1.29, 1.82) is 0 Å². The predicted molar refractivity (Wildman–Crippen MR) is 82.8 cm³/mol. The smallest absolute Gasteiger partial charge is 0.192 e. The second kappa shape index (κ2) is 4.85. The average molecular weight is 285 g/mol. The third kappa shape index (κ3) is 2.93. The van der Waals surface area contributed by atoms with E-state index in [1.54, 1.807) is 0 Å². The molecule has 1 N–H and O–H groups in total. The van der Waals surface area contributed by atoms with E-state index in [0.29, 0.717) is 17.1 Å². The van der Waals surface area contributed by atoms with Gasteiger partial charge in [0.25, 0.3) is 0 Å². The van der Waals surface area contributed by atoms with Gasteiger partial charge in [-0.3, -0.25) is 0 Å². The minimum atomic E-state index is -1.61. The van der Waals surface area contributed by atoms with Crippen molar-refractivity contribution >= 4 is 8.32 Å². The van der Waals surface area contributed by atoms with Gasteiger partial charge in [-0.05, 0) is 67.5 Å². The molecule has 0 aromatic carbocycles. The molecule has 3 rings (SSSR count). The quantitative estimate of drug-likeness (QED) is 0.778. The highest BCUT2D eigenvalue weighted by Gasteiger charge is 2.49. The molecule has 19 heavy (non-hydrogen) atoms. The van der Waals surface area contributed by atoms with Gasteiger partial charge >= 0.3 is 0 Å². The molecule has 0 aromatic heterocycles. The lowest BCUT2D eigenvalue weighted by Crippen LogP contribution is -2.49. The van der Waals surface area contributed by atoms with Crippen molar-refractivity contribution in [3.8, 4) is 0 Å². The van der Waals surface area contributed by atoms with Gasteiger partial charge in [0, 0.05) is 13.2 Å². The molecule has 2 nitrogen and oxygen atoms in total. The number of fused-ring (bicyclic) bond motifs is 3. The highest BCUT2D eigenvalue weighted by molar-refractivity contribution is 6.74. The van der Waals surface area contributed by atoms with E-state index in [-0.39, 0.29) is 5.41 Å². The molecular weight excluding hydrogens is 252 g/mol. The molecule has 2 bridgehead atoms. The molecule has 0 aliphatic heterocycles. The Labute approximate surface area is 120 Å². The van der Waals surface area contributed by atoms with Crippen LogP contribution in [0, 0.1) is 10.8 Å². The van der Waals surface area contributed by atoms with Crippen molar-refractivity contribution in [2.24, 2.45) is 10.8 Å². The zero-order chi connectivity index (χ0) is 14.4. The van der Waals surface area contributed by atoms with Crippen molar-refractivity contribution in [2.75, 3.05) is 13.2 Å². The van der Waals surface area contributed by atoms with Gasteiger partial charge in [0.15, 0.2) is 8.32 Å². The maximum absolute atomic E-state index is 9.59. The van der Waals surface area contributed by atoms with Gasteiger partial charge in [-0.2, -0.15) is 0 Å². The van der Waals surface area contributed by atoms with E-state index in [1.807, 2.05) is 0 Å². The highest BCUT2D eigenvalue weighted by Crippen LogP contribution is 2.57. The van der Waals surface area contributed by atoms with Crippen LogP contribution in [0.2, 0.25) is 18.1 Å². The molecule has 3 saturated carbocycles. The maximum atomic E-state index is 9.59. The molecule has 0 saturated heterocycles. The molecular formula is C16H32O2Si. The van der Waals surface area contributed by atoms with Crippen LogP contribution in [0.3, 0.4) is 0 Å². The van der Waals surface area contributed by atoms with Gasteiger partial charge in [-0.25, -0.2) is 0 Å². The van der Waals surface area contributed by atoms with Crippen LogP contribution in [-0.4, -0.2) is 26.6 Å². The second-order valence-electron chi connectivity index (χ2n) is 8.71. The minimum absolute atomic E-state index is 0.277. The summed E-state index contributed by atoms with van der Waals surface area (Å²) < 4.78 is 6.50. The summed E-state index contributed by atoms with van der Waals surface area (Å²) in [5, 5.41) is 9.90. The standard InChI is InChI=1S/C16H32O2Si/c1-14(2,3)19(4,5)18-13-16-9-6-15(12-17,7-10-16)8-11-16/h17H,6-13H2,1-5H3. The lowest BCUT2D eigenvalue weighted by molar-refractivity contribution is -0.0631. The molecule has 112 valence electrons. The number of hydrogen-bond donors (Lipinski definition) is 1. The van der Waals surface area contributed by atoms with Crippen molar-refractivity contribution in [3.63, 3.8) is 0 Å². The summed E-state index contributed by atoms with van der Waals surface area (Å²) in [4.78, 5) is 0. The largest absolute Gasteiger partial charge is 0.416 e. The zero-order valence-corrected chi connectivity index (χ0v) is 14.5. The Bertz CT molecular complexity index is 306. The van der Waals surface area contributed by atoms with Crippen LogP contribution in [-0.2, 0) is 4.43 Å². The number of aliphatic hydroxyl groups is 1. The first kappa shape index (κ1) is 15.5. The Balaban J connectivity index is 1.95. The molecule has 0 unspecified atom stereocenters. The summed E-state index contributed by atoms with van der Waals surface area (Å²) in [7, 11) is -1.61. The highest BCUT2D eigenvalue weighted by atomic mass is 28.4. The number of rotatable bonds is 4. The third-order valence-electron chi connectivity index (χ3n) is 6.44. The summed E-state index contributed by atoms with van der Waals surface area (Å²) in [6.07, 6.45) is 7.44. The molecule has 0 radical (unpaired) electrons. The molecule has 3 aliphatic carbocycles. The van der Waals surface area contributed by atoms with Crippen molar-refractivity contribution < 1.29 is 9.53 Å². The number of hydrogen-bond acceptors (Lipinski definition) is 2. The SMILES string of the molecule is CC(C)(C)[Si](C)(C)OCC12CCC(CO)(CC1)CC2. The van der Waals surface area contributed by atoms with Crippen LogP contribution in [0.15, 0.2) is 0 Å². The third-order valence-corrected chi connectivity index (χ3v) is 10.9. The molecule has 3 heteroatoms. The Morgan fingerprint density at radius 2 is 1.37 bits per heavy atom. The van der Waals surface area contributed by atoms with Gasteiger partial charge in [0.05, 0.1) is 0 Å². The lowest BCUT2D eigenvalue weighted by Gasteiger charge is -2.54. The molecule has 0 spiro atoms. The summed E-state index contributed by atoms with van der Waals surface area (Å²) in [6, 6.07) is 0. The average Bonchev–Trinajstić information content (AvgIpc) is 2.38. The summed E-state index contributed by atoms with van der Waals surface area (Å²) in [5.41, 5.74) is 0.713. The van der Waals surface area contributed by atoms with E-state index >= 15 is 0 Å². The Kier molecular flexibility index (Phi) is 3.96. The fourth-order valence-electron chi connectivity index (χ4n) is 3.34. The van der Waals surface area contributed by atoms with Crippen molar-refractivity contribution in [2.45, 2.75) is 77.4 Å². The maximum Gasteiger partial charge on any atom is 0.192 e. The van der Waals surface area contributed by atoms with E-state index in [4.69, 9.17) is 4.43 Å². The van der Waals surface area contributed by atoms with E-state index in [1.165, 1.54) is 38.5 Å². The first-order valence-corrected chi connectivity index (χ1v) is 10.8. The monoisotopic (exact) mass is 284 g/mol. The molecule has 0 amide bonds. The normalized spacial score (nSPS) is 35.7. The Morgan fingerprint density at radius 1 is 0.947 bits per heavy atom. The summed E-state index contributed by atoms with van der Waals surface area (Å²) >= 11 is 0. The fourth-order valence-corrected chi connectivity index (χ4v) is 4.44. The molecule has 3 fully saturated rings. The van der Waals surface area contributed by atoms with Gasteiger partial charge in [-0.1, -0.05) is 20.8 Å². The van der Waals surface area contributed by atoms with Gasteiger partial charge in [0.1, 0.15) is 0 Å². The van der Waals surface area contributed by atoms with Gasteiger partial charge < -0.3 is 9.53 Å². The van der Waals surface area contributed by atoms with Crippen LogP contribution >= 0.6 is 0 Å². The summed E-state index contributed by atoms with van der Waals surface area (Å²) in [6.45, 7) is 13.0. The van der Waals surface area contributed by atoms with Crippen LogP contribution in [0.5, 0.6) is 0 Å². The van der Waals surface area contributed by atoms with Crippen molar-refractivity contribution in [1.82, 2.24) is 0 Å². The van der Waals surface area contributed by atoms with Crippen LogP contribution < -0.4 is 0 Å². The second-order valence-corrected chi connectivity index (χ2v) is 13.5. The Morgan fingerprint density at radius 3 is 1.74 bits per heavy atom.